The number of nitrogens with zero attached hydrogens (tertiary/aromatic N) is 4. The van der Waals surface area contributed by atoms with Crippen molar-refractivity contribution in [2.75, 3.05) is 11.9 Å². The number of anilines is 1. The van der Waals surface area contributed by atoms with E-state index in [2.05, 4.69) is 20.3 Å². The maximum absolute atomic E-state index is 11.9. The van der Waals surface area contributed by atoms with Gasteiger partial charge in [-0.1, -0.05) is 40.4 Å². The first-order chi connectivity index (χ1) is 19.9. The minimum absolute atomic E-state index is 0.124. The molecule has 1 amide bonds. The van der Waals surface area contributed by atoms with Gasteiger partial charge in [-0.3, -0.25) is 23.9 Å². The summed E-state index contributed by atoms with van der Waals surface area (Å²) in [5.41, 5.74) is 15.6. The third kappa shape index (κ3) is 7.58. The molecule has 4 rings (SSSR count). The molecule has 4 atom stereocenters. The van der Waals surface area contributed by atoms with E-state index in [9.17, 15) is 19.2 Å². The van der Waals surface area contributed by atoms with Crippen molar-refractivity contribution in [2.45, 2.75) is 51.6 Å². The third-order valence-electron chi connectivity index (χ3n) is 6.47. The second-order valence-electron chi connectivity index (χ2n) is 9.52. The van der Waals surface area contributed by atoms with Crippen molar-refractivity contribution in [3.05, 3.63) is 106 Å². The monoisotopic (exact) mass is 617 g/mol. The van der Waals surface area contributed by atoms with Gasteiger partial charge in [-0.05, 0) is 56.1 Å². The third-order valence-corrected chi connectivity index (χ3v) is 7.13. The fourth-order valence-electron chi connectivity index (χ4n) is 4.35. The summed E-state index contributed by atoms with van der Waals surface area (Å²) < 4.78 is 6.69. The number of nitrogens with one attached hydrogen (secondary N) is 2. The van der Waals surface area contributed by atoms with Crippen LogP contribution in [-0.4, -0.2) is 45.1 Å². The smallest absolute Gasteiger partial charge is 0.330 e. The van der Waals surface area contributed by atoms with Crippen molar-refractivity contribution in [1.82, 2.24) is 9.55 Å². The van der Waals surface area contributed by atoms with E-state index in [0.29, 0.717) is 32.4 Å². The molecule has 2 aromatic carbocycles. The van der Waals surface area contributed by atoms with E-state index in [-0.39, 0.29) is 18.8 Å². The Morgan fingerprint density at radius 2 is 1.93 bits per heavy atom. The molecule has 1 aromatic heterocycles. The van der Waals surface area contributed by atoms with Gasteiger partial charge in [-0.15, -0.1) is 0 Å². The van der Waals surface area contributed by atoms with Crippen molar-refractivity contribution >= 4 is 40.6 Å². The SMILES string of the molecule is CC(=O)c1ccc(C)cc1NC(C(N)=O)c1c(Cl)cccc1Cl.Cc1cn([C@H]2C[C@H](N=[N+]=[N-])[C@@H](CO)O2)c(=O)[nH]c1=O. The van der Waals surface area contributed by atoms with E-state index in [4.69, 9.17) is 44.3 Å². The summed E-state index contributed by atoms with van der Waals surface area (Å²) in [6.45, 7) is 4.60. The molecule has 42 heavy (non-hydrogen) atoms. The number of ketones is 1. The van der Waals surface area contributed by atoms with E-state index < -0.39 is 41.6 Å². The Morgan fingerprint density at radius 3 is 2.50 bits per heavy atom. The lowest BCUT2D eigenvalue weighted by molar-refractivity contribution is -0.118. The molecule has 0 bridgehead atoms. The number of azide groups is 1. The lowest BCUT2D eigenvalue weighted by Crippen LogP contribution is -2.33. The van der Waals surface area contributed by atoms with Crippen LogP contribution in [0.15, 0.2) is 57.3 Å². The molecule has 1 aliphatic heterocycles. The lowest BCUT2D eigenvalue weighted by Gasteiger charge is -2.21. The van der Waals surface area contributed by atoms with Crippen LogP contribution in [-0.2, 0) is 9.53 Å². The average molecular weight is 618 g/mol. The maximum atomic E-state index is 11.9. The van der Waals surface area contributed by atoms with Gasteiger partial charge in [0.05, 0.1) is 18.8 Å². The van der Waals surface area contributed by atoms with Crippen LogP contribution in [0.1, 0.15) is 52.7 Å². The van der Waals surface area contributed by atoms with Crippen molar-refractivity contribution in [3.63, 3.8) is 0 Å². The van der Waals surface area contributed by atoms with Crippen LogP contribution in [0.2, 0.25) is 10.0 Å². The molecule has 13 nitrogen and oxygen atoms in total. The number of H-pyrrole nitrogens is 1. The number of aliphatic hydroxyl groups is 1. The standard InChI is InChI=1S/C17H16Cl2N2O2.C10H13N5O4/c1-9-6-7-11(10(2)22)14(8-9)21-16(17(20)23)15-12(18)4-3-5-13(15)19;1-5-3-15(10(18)12-9(5)17)8-2-6(13-14-11)7(4-16)19-8/h3-8,16,21H,1-2H3,(H2,20,23);3,6-8,16H,2,4H2,1H3,(H,12,17,18)/t;6-,7+,8+/m.0/s1. The molecule has 3 aromatic rings. The summed E-state index contributed by atoms with van der Waals surface area (Å²) in [5, 5.41) is 16.3. The molecule has 2 heterocycles. The second kappa shape index (κ2) is 14.2. The number of Topliss-reactive ketones (excluding diaryl/α,β-unsaturated/α-hetero) is 1. The average Bonchev–Trinajstić information content (AvgIpc) is 3.33. The van der Waals surface area contributed by atoms with Crippen molar-refractivity contribution < 1.29 is 19.4 Å². The number of nitrogens with two attached hydrogens (primary N) is 1. The molecule has 222 valence electrons. The number of rotatable bonds is 8. The Hall–Kier alpha value is -4.13. The topological polar surface area (TPSA) is 205 Å². The van der Waals surface area contributed by atoms with Crippen molar-refractivity contribution in [2.24, 2.45) is 10.8 Å². The number of aliphatic hydroxyl groups excluding tert-OH is 1. The van der Waals surface area contributed by atoms with Crippen LogP contribution in [0.5, 0.6) is 0 Å². The number of carbonyl (C=O) groups excluding carboxylic acids is 2. The normalized spacial score (nSPS) is 18.3. The predicted molar refractivity (Wildman–Crippen MR) is 158 cm³/mol. The van der Waals surface area contributed by atoms with Crippen LogP contribution < -0.4 is 22.3 Å². The highest BCUT2D eigenvalue weighted by molar-refractivity contribution is 6.36. The molecule has 5 N–H and O–H groups in total. The molecular weight excluding hydrogens is 589 g/mol. The first-order valence-corrected chi connectivity index (χ1v) is 13.4. The summed E-state index contributed by atoms with van der Waals surface area (Å²) >= 11 is 12.3. The van der Waals surface area contributed by atoms with Crippen molar-refractivity contribution in [3.8, 4) is 0 Å². The fourth-order valence-corrected chi connectivity index (χ4v) is 4.97. The summed E-state index contributed by atoms with van der Waals surface area (Å²) in [4.78, 5) is 51.6. The molecule has 1 aliphatic rings. The highest BCUT2D eigenvalue weighted by atomic mass is 35.5. The van der Waals surface area contributed by atoms with Crippen LogP contribution in [0.3, 0.4) is 0 Å². The van der Waals surface area contributed by atoms with Gasteiger partial charge in [-0.25, -0.2) is 4.79 Å². The summed E-state index contributed by atoms with van der Waals surface area (Å²) in [6.07, 6.45) is 0.329. The Balaban J connectivity index is 0.000000235. The fraction of sp³-hybridized carbons (Fsp3) is 0.333. The van der Waals surface area contributed by atoms with Crippen molar-refractivity contribution in [1.29, 1.82) is 0 Å². The number of aromatic nitrogens is 2. The Bertz CT molecular complexity index is 1630. The van der Waals surface area contributed by atoms with Crippen LogP contribution in [0.25, 0.3) is 10.4 Å². The minimum Gasteiger partial charge on any atom is -0.394 e. The molecule has 0 spiro atoms. The van der Waals surface area contributed by atoms with Crippen LogP contribution in [0, 0.1) is 13.8 Å². The van der Waals surface area contributed by atoms with Gasteiger partial charge in [-0.2, -0.15) is 0 Å². The van der Waals surface area contributed by atoms with Crippen LogP contribution >= 0.6 is 23.2 Å². The van der Waals surface area contributed by atoms with E-state index in [1.165, 1.54) is 17.7 Å². The van der Waals surface area contributed by atoms with E-state index in [0.717, 1.165) is 5.56 Å². The Labute approximate surface area is 249 Å². The zero-order valence-corrected chi connectivity index (χ0v) is 24.4. The minimum atomic E-state index is -0.948. The van der Waals surface area contributed by atoms with E-state index >= 15 is 0 Å². The largest absolute Gasteiger partial charge is 0.394 e. The van der Waals surface area contributed by atoms with Gasteiger partial charge in [0, 0.05) is 50.0 Å². The van der Waals surface area contributed by atoms with Gasteiger partial charge in [0.15, 0.2) is 5.78 Å². The molecule has 1 fully saturated rings. The number of ether oxygens (including phenoxy) is 1. The molecule has 1 saturated heterocycles. The Kier molecular flexibility index (Phi) is 10.9. The summed E-state index contributed by atoms with van der Waals surface area (Å²) in [7, 11) is 0. The number of hydrogen-bond acceptors (Lipinski definition) is 8. The molecule has 0 aliphatic carbocycles. The quantitative estimate of drug-likeness (QED) is 0.126. The number of carbonyl (C=O) groups is 2. The molecule has 0 saturated carbocycles. The summed E-state index contributed by atoms with van der Waals surface area (Å²) in [6, 6.07) is 8.74. The summed E-state index contributed by atoms with van der Waals surface area (Å²) in [5.74, 6) is -0.767. The van der Waals surface area contributed by atoms with Gasteiger partial charge in [0.1, 0.15) is 12.3 Å². The van der Waals surface area contributed by atoms with Gasteiger partial charge < -0.3 is 20.9 Å². The number of amides is 1. The molecule has 0 radical (unpaired) electrons. The first kappa shape index (κ1) is 32.4. The number of aromatic amines is 1. The number of benzene rings is 2. The zero-order chi connectivity index (χ0) is 31.1. The molecule has 1 unspecified atom stereocenters. The number of hydrogen-bond donors (Lipinski definition) is 4. The number of halogens is 2. The predicted octanol–water partition coefficient (Wildman–Crippen LogP) is 3.95. The number of aryl methyl sites for hydroxylation is 2. The number of primary amides is 1. The van der Waals surface area contributed by atoms with Gasteiger partial charge >= 0.3 is 5.69 Å². The second-order valence-corrected chi connectivity index (χ2v) is 10.3. The highest BCUT2D eigenvalue weighted by Crippen LogP contribution is 2.33. The van der Waals surface area contributed by atoms with Crippen LogP contribution in [0.4, 0.5) is 5.69 Å². The lowest BCUT2D eigenvalue weighted by atomic mass is 10.0. The van der Waals surface area contributed by atoms with Gasteiger partial charge in [0.2, 0.25) is 5.91 Å². The highest BCUT2D eigenvalue weighted by Gasteiger charge is 2.35. The Morgan fingerprint density at radius 1 is 1.26 bits per heavy atom. The van der Waals surface area contributed by atoms with E-state index in [1.54, 1.807) is 37.3 Å². The first-order valence-electron chi connectivity index (χ1n) is 12.6. The zero-order valence-electron chi connectivity index (χ0n) is 22.9. The molecule has 15 heteroatoms. The van der Waals surface area contributed by atoms with Gasteiger partial charge in [0.25, 0.3) is 5.56 Å². The molecular formula is C27H29Cl2N7O6. The van der Waals surface area contributed by atoms with E-state index in [1.807, 2.05) is 13.0 Å². The maximum Gasteiger partial charge on any atom is 0.330 e.